The molecule has 7 nitrogen and oxygen atoms in total. The van der Waals surface area contributed by atoms with Gasteiger partial charge in [-0.2, -0.15) is 4.98 Å². The van der Waals surface area contributed by atoms with Crippen molar-refractivity contribution in [2.75, 3.05) is 33.2 Å². The zero-order chi connectivity index (χ0) is 16.6. The zero-order valence-corrected chi connectivity index (χ0v) is 14.3. The van der Waals surface area contributed by atoms with E-state index < -0.39 is 0 Å². The van der Waals surface area contributed by atoms with Crippen molar-refractivity contribution in [3.8, 4) is 0 Å². The number of aromatic nitrogens is 4. The smallest absolute Gasteiger partial charge is 0.257 e. The maximum atomic E-state index is 12.8. The van der Waals surface area contributed by atoms with Gasteiger partial charge in [0.1, 0.15) is 0 Å². The molecular formula is C16H24N6O. The lowest BCUT2D eigenvalue weighted by Crippen LogP contribution is -2.47. The minimum absolute atomic E-state index is 0.0332. The molecule has 7 heteroatoms. The Morgan fingerprint density at radius 2 is 1.96 bits per heavy atom. The maximum absolute atomic E-state index is 12.8. The summed E-state index contributed by atoms with van der Waals surface area (Å²) in [6.45, 7) is 9.49. The predicted octanol–water partition coefficient (Wildman–Crippen LogP) is 1.02. The Bertz CT molecular complexity index is 715. The molecule has 3 rings (SSSR count). The highest BCUT2D eigenvalue weighted by atomic mass is 16.2. The van der Waals surface area contributed by atoms with Crippen LogP contribution in [0.3, 0.4) is 0 Å². The number of fused-ring (bicyclic) bond motifs is 1. The predicted molar refractivity (Wildman–Crippen MR) is 87.5 cm³/mol. The molecule has 0 atom stereocenters. The molecule has 0 N–H and O–H groups in total. The molecule has 1 aliphatic rings. The van der Waals surface area contributed by atoms with E-state index in [4.69, 9.17) is 0 Å². The first-order chi connectivity index (χ1) is 11.0. The van der Waals surface area contributed by atoms with Gasteiger partial charge in [-0.15, -0.1) is 5.10 Å². The fourth-order valence-corrected chi connectivity index (χ4v) is 2.83. The van der Waals surface area contributed by atoms with E-state index in [9.17, 15) is 4.79 Å². The van der Waals surface area contributed by atoms with Gasteiger partial charge in [-0.25, -0.2) is 9.50 Å². The first-order valence-corrected chi connectivity index (χ1v) is 8.14. The summed E-state index contributed by atoms with van der Waals surface area (Å²) in [7, 11) is 2.08. The average Bonchev–Trinajstić information content (AvgIpc) is 2.90. The van der Waals surface area contributed by atoms with E-state index >= 15 is 0 Å². The molecule has 3 heterocycles. The first kappa shape index (κ1) is 15.9. The lowest BCUT2D eigenvalue weighted by Gasteiger charge is -2.32. The van der Waals surface area contributed by atoms with Crippen LogP contribution in [-0.2, 0) is 6.42 Å². The van der Waals surface area contributed by atoms with E-state index in [1.165, 1.54) is 0 Å². The highest BCUT2D eigenvalue weighted by Crippen LogP contribution is 2.14. The number of amides is 1. The molecule has 1 amide bonds. The Kier molecular flexibility index (Phi) is 4.30. The number of aryl methyl sites for hydroxylation is 1. The summed E-state index contributed by atoms with van der Waals surface area (Å²) in [6.07, 6.45) is 2.45. The number of nitrogens with zero attached hydrogens (tertiary/aromatic N) is 6. The van der Waals surface area contributed by atoms with E-state index in [0.717, 1.165) is 44.1 Å². The molecule has 1 saturated heterocycles. The van der Waals surface area contributed by atoms with E-state index in [1.54, 1.807) is 10.7 Å². The molecule has 1 fully saturated rings. The molecule has 0 aromatic carbocycles. The van der Waals surface area contributed by atoms with Crippen LogP contribution in [0.5, 0.6) is 0 Å². The number of carbonyl (C=O) groups is 1. The number of carbonyl (C=O) groups excluding carboxylic acids is 1. The molecule has 0 unspecified atom stereocenters. The highest BCUT2D eigenvalue weighted by molar-refractivity contribution is 5.95. The van der Waals surface area contributed by atoms with E-state index in [0.29, 0.717) is 17.3 Å². The zero-order valence-electron chi connectivity index (χ0n) is 14.3. The van der Waals surface area contributed by atoms with Gasteiger partial charge < -0.3 is 9.80 Å². The number of hydrogen-bond acceptors (Lipinski definition) is 5. The van der Waals surface area contributed by atoms with Crippen LogP contribution in [0.15, 0.2) is 6.20 Å². The van der Waals surface area contributed by atoms with Crippen molar-refractivity contribution >= 4 is 11.7 Å². The highest BCUT2D eigenvalue weighted by Gasteiger charge is 2.23. The third-order valence-electron chi connectivity index (χ3n) is 4.26. The minimum Gasteiger partial charge on any atom is -0.336 e. The molecule has 1 aliphatic heterocycles. The van der Waals surface area contributed by atoms with Crippen molar-refractivity contribution in [2.45, 2.75) is 27.2 Å². The molecule has 0 spiro atoms. The topological polar surface area (TPSA) is 66.6 Å². The van der Waals surface area contributed by atoms with Crippen molar-refractivity contribution in [2.24, 2.45) is 5.92 Å². The average molecular weight is 316 g/mol. The van der Waals surface area contributed by atoms with Gasteiger partial charge in [-0.3, -0.25) is 4.79 Å². The lowest BCUT2D eigenvalue weighted by molar-refractivity contribution is 0.0662. The van der Waals surface area contributed by atoms with E-state index in [-0.39, 0.29) is 5.91 Å². The van der Waals surface area contributed by atoms with Crippen LogP contribution in [0.2, 0.25) is 0 Å². The summed E-state index contributed by atoms with van der Waals surface area (Å²) in [6, 6.07) is 0. The number of hydrogen-bond donors (Lipinski definition) is 0. The van der Waals surface area contributed by atoms with Crippen LogP contribution in [0.1, 0.15) is 35.7 Å². The number of likely N-dealkylation sites (N-methyl/N-ethyl adjacent to an activating group) is 1. The Labute approximate surface area is 136 Å². The summed E-state index contributed by atoms with van der Waals surface area (Å²) >= 11 is 0. The summed E-state index contributed by atoms with van der Waals surface area (Å²) in [5.74, 6) is 1.86. The maximum Gasteiger partial charge on any atom is 0.257 e. The molecular weight excluding hydrogens is 292 g/mol. The summed E-state index contributed by atoms with van der Waals surface area (Å²) in [5.41, 5.74) is 1.42. The van der Waals surface area contributed by atoms with E-state index in [1.807, 2.05) is 11.8 Å². The van der Waals surface area contributed by atoms with Crippen LogP contribution in [-0.4, -0.2) is 68.5 Å². The normalized spacial score (nSPS) is 16.5. The second-order valence-corrected chi connectivity index (χ2v) is 6.69. The second kappa shape index (κ2) is 6.23. The van der Waals surface area contributed by atoms with Crippen molar-refractivity contribution in [1.29, 1.82) is 0 Å². The Morgan fingerprint density at radius 1 is 1.26 bits per heavy atom. The first-order valence-electron chi connectivity index (χ1n) is 8.14. The fourth-order valence-electron chi connectivity index (χ4n) is 2.83. The molecule has 2 aromatic heterocycles. The van der Waals surface area contributed by atoms with Crippen LogP contribution in [0.4, 0.5) is 0 Å². The summed E-state index contributed by atoms with van der Waals surface area (Å²) < 4.78 is 1.70. The third-order valence-corrected chi connectivity index (χ3v) is 4.26. The fraction of sp³-hybridized carbons (Fsp3) is 0.625. The minimum atomic E-state index is 0.0332. The van der Waals surface area contributed by atoms with Crippen molar-refractivity contribution in [3.05, 3.63) is 23.3 Å². The molecule has 0 radical (unpaired) electrons. The van der Waals surface area contributed by atoms with Gasteiger partial charge in [-0.05, 0) is 19.9 Å². The summed E-state index contributed by atoms with van der Waals surface area (Å²) in [4.78, 5) is 25.7. The van der Waals surface area contributed by atoms with E-state index in [2.05, 4.69) is 40.9 Å². The second-order valence-electron chi connectivity index (χ2n) is 6.69. The molecule has 124 valence electrons. The molecule has 2 aromatic rings. The molecule has 23 heavy (non-hydrogen) atoms. The van der Waals surface area contributed by atoms with Crippen LogP contribution < -0.4 is 0 Å². The summed E-state index contributed by atoms with van der Waals surface area (Å²) in [5, 5.41) is 4.52. The standard InChI is InChI=1S/C16H24N6O/c1-11(2)9-14-18-16-17-10-13(12(3)22(16)19-14)15(23)21-7-5-20(4)6-8-21/h10-11H,5-9H2,1-4H3. The van der Waals surface area contributed by atoms with Gasteiger partial charge >= 0.3 is 0 Å². The molecule has 0 saturated carbocycles. The third kappa shape index (κ3) is 3.19. The van der Waals surface area contributed by atoms with Crippen LogP contribution in [0, 0.1) is 12.8 Å². The lowest BCUT2D eigenvalue weighted by atomic mass is 10.1. The van der Waals surface area contributed by atoms with Gasteiger partial charge in [0.2, 0.25) is 0 Å². The largest absolute Gasteiger partial charge is 0.336 e. The van der Waals surface area contributed by atoms with Crippen LogP contribution >= 0.6 is 0 Å². The van der Waals surface area contributed by atoms with Crippen LogP contribution in [0.25, 0.3) is 5.78 Å². The van der Waals surface area contributed by atoms with Gasteiger partial charge in [-0.1, -0.05) is 13.8 Å². The van der Waals surface area contributed by atoms with Gasteiger partial charge in [0.15, 0.2) is 5.82 Å². The Balaban J connectivity index is 1.89. The quantitative estimate of drug-likeness (QED) is 0.846. The van der Waals surface area contributed by atoms with Gasteiger partial charge in [0.25, 0.3) is 11.7 Å². The Morgan fingerprint density at radius 3 is 2.61 bits per heavy atom. The SMILES string of the molecule is Cc1c(C(=O)N2CCN(C)CC2)cnc2nc(CC(C)C)nn12. The van der Waals surface area contributed by atoms with Crippen molar-refractivity contribution in [1.82, 2.24) is 29.4 Å². The van der Waals surface area contributed by atoms with Crippen molar-refractivity contribution < 1.29 is 4.79 Å². The number of piperazine rings is 1. The monoisotopic (exact) mass is 316 g/mol. The molecule has 0 bridgehead atoms. The Hall–Kier alpha value is -2.02. The van der Waals surface area contributed by atoms with Crippen molar-refractivity contribution in [3.63, 3.8) is 0 Å². The molecule has 0 aliphatic carbocycles. The van der Waals surface area contributed by atoms with Gasteiger partial charge in [0, 0.05) is 38.8 Å². The number of rotatable bonds is 3. The van der Waals surface area contributed by atoms with Gasteiger partial charge in [0.05, 0.1) is 11.3 Å².